The number of nitrogens with one attached hydrogen (secondary N) is 1. The molecule has 0 saturated carbocycles. The molecule has 1 saturated heterocycles. The molecule has 1 atom stereocenters. The summed E-state index contributed by atoms with van der Waals surface area (Å²) >= 11 is 0. The van der Waals surface area contributed by atoms with Gasteiger partial charge in [-0.05, 0) is 20.9 Å². The second kappa shape index (κ2) is 6.93. The molecule has 1 heterocycles. The molecule has 17 heavy (non-hydrogen) atoms. The largest absolute Gasteiger partial charge is 0.468 e. The molecule has 5 nitrogen and oxygen atoms in total. The van der Waals surface area contributed by atoms with Gasteiger partial charge in [-0.2, -0.15) is 0 Å². The third-order valence-corrected chi connectivity index (χ3v) is 3.41. The molecule has 1 aliphatic rings. The Hall–Kier alpha value is -0.650. The van der Waals surface area contributed by atoms with Crippen LogP contribution in [0.25, 0.3) is 0 Å². The van der Waals surface area contributed by atoms with E-state index in [4.69, 9.17) is 4.74 Å². The second-order valence-electron chi connectivity index (χ2n) is 4.79. The zero-order valence-electron chi connectivity index (χ0n) is 11.4. The number of piperazine rings is 1. The Morgan fingerprint density at radius 2 is 1.88 bits per heavy atom. The number of carbonyl (C=O) groups excluding carboxylic acids is 1. The van der Waals surface area contributed by atoms with E-state index in [0.29, 0.717) is 6.04 Å². The molecule has 0 radical (unpaired) electrons. The summed E-state index contributed by atoms with van der Waals surface area (Å²) in [5.74, 6) is -0.182. The minimum Gasteiger partial charge on any atom is -0.468 e. The summed E-state index contributed by atoms with van der Waals surface area (Å²) in [5, 5.41) is 3.00. The molecule has 1 N–H and O–H groups in total. The van der Waals surface area contributed by atoms with Gasteiger partial charge in [0.25, 0.3) is 0 Å². The minimum atomic E-state index is -0.217. The highest BCUT2D eigenvalue weighted by molar-refractivity contribution is 5.75. The van der Waals surface area contributed by atoms with Crippen LogP contribution in [0.5, 0.6) is 0 Å². The molecular weight excluding hydrogens is 218 g/mol. The molecule has 0 spiro atoms. The predicted octanol–water partition coefficient (Wildman–Crippen LogP) is -0.227. The van der Waals surface area contributed by atoms with E-state index >= 15 is 0 Å². The first-order valence-electron chi connectivity index (χ1n) is 6.30. The highest BCUT2D eigenvalue weighted by Gasteiger charge is 2.24. The fraction of sp³-hybridized carbons (Fsp3) is 0.917. The number of hydrogen-bond acceptors (Lipinski definition) is 5. The van der Waals surface area contributed by atoms with Crippen molar-refractivity contribution < 1.29 is 9.53 Å². The molecular formula is C12H25N3O2. The van der Waals surface area contributed by atoms with Gasteiger partial charge in [0, 0.05) is 38.8 Å². The number of methoxy groups -OCH3 is 1. The first-order valence-corrected chi connectivity index (χ1v) is 6.30. The molecule has 0 aliphatic carbocycles. The standard InChI is InChI=1S/C12H25N3O2/c1-10(2)15-7-5-14(6-8-15)9-11(13-3)12(16)17-4/h10-11,13H,5-9H2,1-4H3. The number of ether oxygens (including phenoxy) is 1. The summed E-state index contributed by atoms with van der Waals surface area (Å²) in [4.78, 5) is 16.2. The van der Waals surface area contributed by atoms with Crippen molar-refractivity contribution in [2.45, 2.75) is 25.9 Å². The predicted molar refractivity (Wildman–Crippen MR) is 68.0 cm³/mol. The molecule has 1 unspecified atom stereocenters. The van der Waals surface area contributed by atoms with Crippen molar-refractivity contribution >= 4 is 5.97 Å². The lowest BCUT2D eigenvalue weighted by Crippen LogP contribution is -2.53. The summed E-state index contributed by atoms with van der Waals surface area (Å²) in [6.45, 7) is 9.38. The quantitative estimate of drug-likeness (QED) is 0.676. The second-order valence-corrected chi connectivity index (χ2v) is 4.79. The maximum atomic E-state index is 11.5. The van der Waals surface area contributed by atoms with Gasteiger partial charge in [0.1, 0.15) is 6.04 Å². The van der Waals surface area contributed by atoms with Gasteiger partial charge in [-0.25, -0.2) is 0 Å². The third-order valence-electron chi connectivity index (χ3n) is 3.41. The van der Waals surface area contributed by atoms with Crippen molar-refractivity contribution in [1.82, 2.24) is 15.1 Å². The molecule has 1 rings (SSSR count). The van der Waals surface area contributed by atoms with Crippen molar-refractivity contribution in [3.05, 3.63) is 0 Å². The van der Waals surface area contributed by atoms with Crippen LogP contribution < -0.4 is 5.32 Å². The van der Waals surface area contributed by atoms with Gasteiger partial charge in [-0.15, -0.1) is 0 Å². The van der Waals surface area contributed by atoms with Crippen LogP contribution in [-0.4, -0.2) is 74.7 Å². The molecule has 0 aromatic heterocycles. The van der Waals surface area contributed by atoms with Crippen LogP contribution in [0.15, 0.2) is 0 Å². The van der Waals surface area contributed by atoms with Gasteiger partial charge in [-0.3, -0.25) is 14.6 Å². The first-order chi connectivity index (χ1) is 8.08. The normalized spacial score (nSPS) is 20.5. The Kier molecular flexibility index (Phi) is 5.88. The number of carbonyl (C=O) groups is 1. The van der Waals surface area contributed by atoms with Crippen LogP contribution in [0.2, 0.25) is 0 Å². The summed E-state index contributed by atoms with van der Waals surface area (Å²) in [5.41, 5.74) is 0. The first kappa shape index (κ1) is 14.4. The Morgan fingerprint density at radius 3 is 2.29 bits per heavy atom. The zero-order valence-corrected chi connectivity index (χ0v) is 11.4. The molecule has 1 aliphatic heterocycles. The summed E-state index contributed by atoms with van der Waals surface area (Å²) in [7, 11) is 3.23. The highest BCUT2D eigenvalue weighted by Crippen LogP contribution is 2.06. The van der Waals surface area contributed by atoms with Crippen LogP contribution in [-0.2, 0) is 9.53 Å². The minimum absolute atomic E-state index is 0.182. The van der Waals surface area contributed by atoms with Crippen molar-refractivity contribution in [2.75, 3.05) is 46.9 Å². The van der Waals surface area contributed by atoms with E-state index in [-0.39, 0.29) is 12.0 Å². The lowest BCUT2D eigenvalue weighted by Gasteiger charge is -2.37. The molecule has 5 heteroatoms. The van der Waals surface area contributed by atoms with Crippen molar-refractivity contribution in [3.63, 3.8) is 0 Å². The van der Waals surface area contributed by atoms with Crippen LogP contribution in [0, 0.1) is 0 Å². The molecule has 0 bridgehead atoms. The Bertz CT molecular complexity index is 238. The van der Waals surface area contributed by atoms with E-state index in [0.717, 1.165) is 32.7 Å². The fourth-order valence-electron chi connectivity index (χ4n) is 2.15. The van der Waals surface area contributed by atoms with Gasteiger partial charge < -0.3 is 10.1 Å². The number of likely N-dealkylation sites (N-methyl/N-ethyl adjacent to an activating group) is 1. The fourth-order valence-corrected chi connectivity index (χ4v) is 2.15. The van der Waals surface area contributed by atoms with E-state index in [9.17, 15) is 4.79 Å². The molecule has 0 aromatic rings. The Labute approximate surface area is 104 Å². The lowest BCUT2D eigenvalue weighted by atomic mass is 10.2. The SMILES string of the molecule is CNC(CN1CCN(C(C)C)CC1)C(=O)OC. The van der Waals surface area contributed by atoms with Crippen molar-refractivity contribution in [1.29, 1.82) is 0 Å². The lowest BCUT2D eigenvalue weighted by molar-refractivity contribution is -0.143. The van der Waals surface area contributed by atoms with Gasteiger partial charge in [-0.1, -0.05) is 0 Å². The van der Waals surface area contributed by atoms with Crippen LogP contribution in [0.3, 0.4) is 0 Å². The van der Waals surface area contributed by atoms with Crippen molar-refractivity contribution in [2.24, 2.45) is 0 Å². The van der Waals surface area contributed by atoms with E-state index in [1.54, 1.807) is 7.05 Å². The van der Waals surface area contributed by atoms with Gasteiger partial charge in [0.05, 0.1) is 7.11 Å². The highest BCUT2D eigenvalue weighted by atomic mass is 16.5. The average molecular weight is 243 g/mol. The smallest absolute Gasteiger partial charge is 0.324 e. The number of rotatable bonds is 5. The van der Waals surface area contributed by atoms with E-state index < -0.39 is 0 Å². The Morgan fingerprint density at radius 1 is 1.29 bits per heavy atom. The van der Waals surface area contributed by atoms with Crippen LogP contribution >= 0.6 is 0 Å². The van der Waals surface area contributed by atoms with Crippen molar-refractivity contribution in [3.8, 4) is 0 Å². The zero-order chi connectivity index (χ0) is 12.8. The number of esters is 1. The summed E-state index contributed by atoms with van der Waals surface area (Å²) in [6.07, 6.45) is 0. The monoisotopic (exact) mass is 243 g/mol. The van der Waals surface area contributed by atoms with Crippen LogP contribution in [0.4, 0.5) is 0 Å². The molecule has 0 amide bonds. The van der Waals surface area contributed by atoms with Crippen LogP contribution in [0.1, 0.15) is 13.8 Å². The van der Waals surface area contributed by atoms with Gasteiger partial charge in [0.2, 0.25) is 0 Å². The van der Waals surface area contributed by atoms with Gasteiger partial charge >= 0.3 is 5.97 Å². The van der Waals surface area contributed by atoms with E-state index in [1.807, 2.05) is 0 Å². The summed E-state index contributed by atoms with van der Waals surface area (Å²) < 4.78 is 4.77. The maximum Gasteiger partial charge on any atom is 0.324 e. The maximum absolute atomic E-state index is 11.5. The third kappa shape index (κ3) is 4.26. The number of hydrogen-bond donors (Lipinski definition) is 1. The van der Waals surface area contributed by atoms with E-state index in [1.165, 1.54) is 7.11 Å². The average Bonchev–Trinajstić information content (AvgIpc) is 2.35. The Balaban J connectivity index is 2.36. The molecule has 100 valence electrons. The van der Waals surface area contributed by atoms with E-state index in [2.05, 4.69) is 29.0 Å². The van der Waals surface area contributed by atoms with Gasteiger partial charge in [0.15, 0.2) is 0 Å². The molecule has 0 aromatic carbocycles. The number of nitrogens with zero attached hydrogens (tertiary/aromatic N) is 2. The summed E-state index contributed by atoms with van der Waals surface area (Å²) in [6, 6.07) is 0.392. The topological polar surface area (TPSA) is 44.8 Å². The molecule has 1 fully saturated rings.